The van der Waals surface area contributed by atoms with Gasteiger partial charge in [0, 0.05) is 18.8 Å². The van der Waals surface area contributed by atoms with Crippen molar-refractivity contribution in [1.82, 2.24) is 4.98 Å². The Hall–Kier alpha value is -3.28. The largest absolute Gasteiger partial charge is 0.369 e. The van der Waals surface area contributed by atoms with E-state index in [0.29, 0.717) is 5.56 Å². The van der Waals surface area contributed by atoms with E-state index in [1.54, 1.807) is 6.07 Å². The van der Waals surface area contributed by atoms with E-state index in [9.17, 15) is 0 Å². The summed E-state index contributed by atoms with van der Waals surface area (Å²) in [5.41, 5.74) is 8.23. The van der Waals surface area contributed by atoms with Crippen LogP contribution in [0.2, 0.25) is 0 Å². The highest BCUT2D eigenvalue weighted by atomic mass is 15.2. The van der Waals surface area contributed by atoms with Gasteiger partial charge in [-0.1, -0.05) is 17.6 Å². The minimum Gasteiger partial charge on any atom is -0.369 e. The minimum atomic E-state index is 0.597. The van der Waals surface area contributed by atoms with Gasteiger partial charge in [0.15, 0.2) is 0 Å². The van der Waals surface area contributed by atoms with Crippen molar-refractivity contribution < 1.29 is 0 Å². The second-order valence-electron chi connectivity index (χ2n) is 6.21. The molecule has 0 aliphatic carbocycles. The first-order valence-corrected chi connectivity index (χ1v) is 8.58. The molecule has 1 aromatic heterocycles. The zero-order valence-corrected chi connectivity index (χ0v) is 14.8. The molecule has 0 saturated carbocycles. The second kappa shape index (κ2) is 8.20. The quantitative estimate of drug-likeness (QED) is 0.498. The van der Waals surface area contributed by atoms with E-state index in [1.165, 1.54) is 5.57 Å². The van der Waals surface area contributed by atoms with Gasteiger partial charge in [-0.05, 0) is 62.1 Å². The Morgan fingerprint density at radius 1 is 1.23 bits per heavy atom. The summed E-state index contributed by atoms with van der Waals surface area (Å²) in [5.74, 6) is 11.8. The maximum absolute atomic E-state index is 9.02. The molecule has 0 unspecified atom stereocenters. The van der Waals surface area contributed by atoms with Crippen molar-refractivity contribution >= 4 is 11.4 Å². The topological polar surface area (TPSA) is 78.0 Å². The third-order valence-electron chi connectivity index (χ3n) is 4.39. The Bertz CT molecular complexity index is 917. The molecule has 2 aromatic rings. The number of piperidine rings is 1. The molecule has 0 bridgehead atoms. The lowest BCUT2D eigenvalue weighted by Gasteiger charge is -2.31. The molecule has 0 spiro atoms. The number of aryl methyl sites for hydroxylation is 1. The van der Waals surface area contributed by atoms with E-state index in [1.807, 2.05) is 43.3 Å². The number of nitrogens with zero attached hydrogens (tertiary/aromatic N) is 3. The molecular formula is C21H21N5. The Labute approximate surface area is 154 Å². The molecule has 0 radical (unpaired) electrons. The van der Waals surface area contributed by atoms with Gasteiger partial charge in [0.25, 0.3) is 0 Å². The van der Waals surface area contributed by atoms with Crippen molar-refractivity contribution in [2.45, 2.75) is 19.8 Å². The highest BCUT2D eigenvalue weighted by Gasteiger charge is 2.17. The fraction of sp³-hybridized carbons (Fsp3) is 0.238. The van der Waals surface area contributed by atoms with Crippen LogP contribution in [0, 0.1) is 30.1 Å². The fourth-order valence-corrected chi connectivity index (χ4v) is 3.00. The van der Waals surface area contributed by atoms with Crippen LogP contribution in [0.4, 0.5) is 11.4 Å². The van der Waals surface area contributed by atoms with Gasteiger partial charge in [-0.2, -0.15) is 5.26 Å². The number of nitrogens with two attached hydrogens (primary N) is 1. The summed E-state index contributed by atoms with van der Waals surface area (Å²) in [5, 5.41) is 9.02. The summed E-state index contributed by atoms with van der Waals surface area (Å²) in [4.78, 5) is 6.67. The zero-order chi connectivity index (χ0) is 18.4. The molecule has 5 heteroatoms. The van der Waals surface area contributed by atoms with Crippen molar-refractivity contribution in [1.29, 1.82) is 5.26 Å². The minimum absolute atomic E-state index is 0.597. The van der Waals surface area contributed by atoms with Crippen molar-refractivity contribution in [3.8, 4) is 17.9 Å². The fourth-order valence-electron chi connectivity index (χ4n) is 3.00. The lowest BCUT2D eigenvalue weighted by molar-refractivity contribution is 0.686. The van der Waals surface area contributed by atoms with Gasteiger partial charge in [0.05, 0.1) is 23.0 Å². The number of nitriles is 1. The molecule has 1 fully saturated rings. The van der Waals surface area contributed by atoms with Crippen LogP contribution >= 0.6 is 0 Å². The molecule has 3 N–H and O–H groups in total. The number of hydrogen-bond donors (Lipinski definition) is 2. The molecule has 2 heterocycles. The average molecular weight is 343 g/mol. The highest BCUT2D eigenvalue weighted by molar-refractivity contribution is 5.72. The number of nitrogens with one attached hydrogen (secondary N) is 1. The second-order valence-corrected chi connectivity index (χ2v) is 6.21. The van der Waals surface area contributed by atoms with E-state index in [2.05, 4.69) is 33.2 Å². The number of hydrogen-bond acceptors (Lipinski definition) is 5. The molecule has 26 heavy (non-hydrogen) atoms. The Morgan fingerprint density at radius 3 is 2.73 bits per heavy atom. The predicted molar refractivity (Wildman–Crippen MR) is 104 cm³/mol. The number of nitrogen functional groups attached to an aromatic ring is 1. The molecule has 130 valence electrons. The Kier molecular flexibility index (Phi) is 5.53. The molecule has 3 rings (SSSR count). The lowest BCUT2D eigenvalue weighted by atomic mass is 10.0. The summed E-state index contributed by atoms with van der Waals surface area (Å²) < 4.78 is 0. The number of allylic oxidation sites excluding steroid dienone is 1. The van der Waals surface area contributed by atoms with Gasteiger partial charge in [-0.3, -0.25) is 5.84 Å². The first kappa shape index (κ1) is 17.5. The van der Waals surface area contributed by atoms with Crippen LogP contribution in [0.3, 0.4) is 0 Å². The number of hydrazine groups is 1. The molecule has 1 aliphatic heterocycles. The van der Waals surface area contributed by atoms with Gasteiger partial charge in [-0.15, -0.1) is 0 Å². The summed E-state index contributed by atoms with van der Waals surface area (Å²) in [7, 11) is 0. The molecule has 0 amide bonds. The van der Waals surface area contributed by atoms with Crippen LogP contribution in [0.1, 0.15) is 29.8 Å². The van der Waals surface area contributed by atoms with Crippen molar-refractivity contribution in [2.24, 2.45) is 5.84 Å². The predicted octanol–water partition coefficient (Wildman–Crippen LogP) is 3.13. The van der Waals surface area contributed by atoms with Gasteiger partial charge in [-0.25, -0.2) is 4.98 Å². The summed E-state index contributed by atoms with van der Waals surface area (Å²) >= 11 is 0. The summed E-state index contributed by atoms with van der Waals surface area (Å²) in [6.07, 6.45) is 3.93. The first-order chi connectivity index (χ1) is 12.7. The van der Waals surface area contributed by atoms with E-state index in [-0.39, 0.29) is 0 Å². The van der Waals surface area contributed by atoms with Crippen molar-refractivity contribution in [3.63, 3.8) is 0 Å². The maximum Gasteiger partial charge on any atom is 0.113 e. The van der Waals surface area contributed by atoms with Gasteiger partial charge < -0.3 is 10.3 Å². The number of aromatic nitrogens is 1. The van der Waals surface area contributed by atoms with Gasteiger partial charge >= 0.3 is 0 Å². The molecular weight excluding hydrogens is 322 g/mol. The van der Waals surface area contributed by atoms with Crippen LogP contribution in [-0.2, 0) is 0 Å². The van der Waals surface area contributed by atoms with Crippen molar-refractivity contribution in [3.05, 3.63) is 65.0 Å². The van der Waals surface area contributed by atoms with Crippen LogP contribution in [0.15, 0.2) is 48.0 Å². The van der Waals surface area contributed by atoms with Crippen LogP contribution in [-0.4, -0.2) is 18.1 Å². The third kappa shape index (κ3) is 4.22. The molecule has 1 saturated heterocycles. The lowest BCUT2D eigenvalue weighted by Crippen LogP contribution is -2.31. The standard InChI is InChI=1S/C21H21N5/c1-16-4-2-6-19(24-16)7-3-5-17-10-12-26(13-11-17)21-9-8-18(15-22)14-20(21)25-23/h2,4-6,8-9,14,25H,10-13,23H2,1H3. The van der Waals surface area contributed by atoms with Crippen LogP contribution in [0.5, 0.6) is 0 Å². The SMILES string of the molecule is Cc1cccc(C#CC=C2CCN(c3ccc(C#N)cc3NN)CC2)n1. The number of benzene rings is 1. The molecule has 0 atom stereocenters. The Morgan fingerprint density at radius 2 is 2.04 bits per heavy atom. The molecule has 5 nitrogen and oxygen atoms in total. The van der Waals surface area contributed by atoms with Gasteiger partial charge in [0.1, 0.15) is 5.69 Å². The Balaban J connectivity index is 1.66. The summed E-state index contributed by atoms with van der Waals surface area (Å²) in [6, 6.07) is 13.5. The molecule has 1 aliphatic rings. The van der Waals surface area contributed by atoms with E-state index < -0.39 is 0 Å². The van der Waals surface area contributed by atoms with Gasteiger partial charge in [0.2, 0.25) is 0 Å². The van der Waals surface area contributed by atoms with E-state index in [0.717, 1.165) is 48.7 Å². The van der Waals surface area contributed by atoms with Crippen LogP contribution in [0.25, 0.3) is 0 Å². The van der Waals surface area contributed by atoms with Crippen LogP contribution < -0.4 is 16.2 Å². The summed E-state index contributed by atoms with van der Waals surface area (Å²) in [6.45, 7) is 3.76. The molecule has 1 aromatic carbocycles. The van der Waals surface area contributed by atoms with Crippen molar-refractivity contribution in [2.75, 3.05) is 23.4 Å². The third-order valence-corrected chi connectivity index (χ3v) is 4.39. The number of rotatable bonds is 2. The zero-order valence-electron chi connectivity index (χ0n) is 14.8. The maximum atomic E-state index is 9.02. The average Bonchev–Trinajstić information content (AvgIpc) is 2.68. The number of pyridine rings is 1. The first-order valence-electron chi connectivity index (χ1n) is 8.58. The van der Waals surface area contributed by atoms with E-state index in [4.69, 9.17) is 11.1 Å². The smallest absolute Gasteiger partial charge is 0.113 e. The number of anilines is 2. The van der Waals surface area contributed by atoms with E-state index >= 15 is 0 Å². The highest BCUT2D eigenvalue weighted by Crippen LogP contribution is 2.30. The normalized spacial score (nSPS) is 13.4. The monoisotopic (exact) mass is 343 g/mol.